The lowest BCUT2D eigenvalue weighted by atomic mass is 9.83. The molecule has 1 saturated heterocycles. The van der Waals surface area contributed by atoms with E-state index in [1.807, 2.05) is 12.2 Å². The third-order valence-corrected chi connectivity index (χ3v) is 3.75. The Kier molecular flexibility index (Phi) is 2.75. The Hall–Kier alpha value is -0.943. The number of carbonyl (C=O) groups excluding carboxylic acids is 2. The van der Waals surface area contributed by atoms with E-state index < -0.39 is 26.2 Å². The second-order valence-corrected chi connectivity index (χ2v) is 9.69. The van der Waals surface area contributed by atoms with Crippen molar-refractivity contribution in [1.29, 1.82) is 0 Å². The Morgan fingerprint density at radius 3 is 2.62 bits per heavy atom. The summed E-state index contributed by atoms with van der Waals surface area (Å²) < 4.78 is 10.6. The van der Waals surface area contributed by atoms with Crippen LogP contribution < -0.4 is 0 Å². The number of hydrogen-bond acceptors (Lipinski definition) is 4. The normalized spacial score (nSPS) is 33.8. The molecule has 0 N–H and O–H groups in total. The number of cyclic esters (lactones) is 2. The predicted molar refractivity (Wildman–Crippen MR) is 60.1 cm³/mol. The van der Waals surface area contributed by atoms with Crippen LogP contribution in [0.4, 0.5) is 0 Å². The van der Waals surface area contributed by atoms with Gasteiger partial charge in [-0.2, -0.15) is 0 Å². The molecule has 0 aromatic carbocycles. The Bertz CT molecular complexity index is 355. The standard InChI is InChI=1S/C11H16O4Si/c1-16(2,3)15-8-6-4-5-7-9(8)11(13)14-10(7)12/h4,6-9H,5H2,1-3H3/t7-,8+,9-/m0/s1. The van der Waals surface area contributed by atoms with Gasteiger partial charge in [-0.3, -0.25) is 9.59 Å². The third-order valence-electron chi connectivity index (χ3n) is 2.77. The molecule has 3 atom stereocenters. The summed E-state index contributed by atoms with van der Waals surface area (Å²) in [6, 6.07) is 0. The first-order valence-electron chi connectivity index (χ1n) is 5.48. The summed E-state index contributed by atoms with van der Waals surface area (Å²) in [5, 5.41) is 0. The van der Waals surface area contributed by atoms with Crippen molar-refractivity contribution in [2.24, 2.45) is 11.8 Å². The van der Waals surface area contributed by atoms with Crippen LogP contribution >= 0.6 is 0 Å². The number of allylic oxidation sites excluding steroid dienone is 1. The topological polar surface area (TPSA) is 52.6 Å². The van der Waals surface area contributed by atoms with Crippen molar-refractivity contribution in [2.45, 2.75) is 32.2 Å². The fourth-order valence-corrected chi connectivity index (χ4v) is 3.20. The van der Waals surface area contributed by atoms with Crippen LogP contribution in [0.15, 0.2) is 12.2 Å². The van der Waals surface area contributed by atoms with Crippen molar-refractivity contribution in [3.63, 3.8) is 0 Å². The second kappa shape index (κ2) is 3.82. The van der Waals surface area contributed by atoms with Crippen LogP contribution in [0.3, 0.4) is 0 Å². The maximum absolute atomic E-state index is 11.6. The molecule has 4 nitrogen and oxygen atoms in total. The molecule has 16 heavy (non-hydrogen) atoms. The molecule has 0 unspecified atom stereocenters. The summed E-state index contributed by atoms with van der Waals surface area (Å²) in [7, 11) is -1.73. The number of fused-ring (bicyclic) bond motifs is 1. The summed E-state index contributed by atoms with van der Waals surface area (Å²) in [6.07, 6.45) is 4.09. The molecule has 0 aromatic heterocycles. The highest BCUT2D eigenvalue weighted by atomic mass is 28.4. The maximum atomic E-state index is 11.6. The molecule has 0 aromatic rings. The molecule has 0 radical (unpaired) electrons. The number of esters is 2. The van der Waals surface area contributed by atoms with E-state index >= 15 is 0 Å². The number of rotatable bonds is 2. The Morgan fingerprint density at radius 1 is 1.31 bits per heavy atom. The first kappa shape index (κ1) is 11.5. The molecule has 2 aliphatic rings. The molecule has 0 amide bonds. The molecule has 1 aliphatic carbocycles. The average Bonchev–Trinajstić information content (AvgIpc) is 2.41. The molecule has 0 spiro atoms. The molecule has 1 aliphatic heterocycles. The Morgan fingerprint density at radius 2 is 2.00 bits per heavy atom. The lowest BCUT2D eigenvalue weighted by Crippen LogP contribution is -2.40. The van der Waals surface area contributed by atoms with E-state index in [0.717, 1.165) is 0 Å². The minimum absolute atomic E-state index is 0.288. The zero-order valence-electron chi connectivity index (χ0n) is 9.73. The van der Waals surface area contributed by atoms with Gasteiger partial charge < -0.3 is 9.16 Å². The molecule has 1 heterocycles. The van der Waals surface area contributed by atoms with Crippen molar-refractivity contribution in [3.8, 4) is 0 Å². The summed E-state index contributed by atoms with van der Waals surface area (Å²) in [5.74, 6) is -1.59. The van der Waals surface area contributed by atoms with Gasteiger partial charge >= 0.3 is 11.9 Å². The van der Waals surface area contributed by atoms with Gasteiger partial charge in [-0.25, -0.2) is 0 Å². The number of ether oxygens (including phenoxy) is 1. The summed E-state index contributed by atoms with van der Waals surface area (Å²) in [4.78, 5) is 23.0. The van der Waals surface area contributed by atoms with Gasteiger partial charge in [0.2, 0.25) is 0 Å². The van der Waals surface area contributed by atoms with Gasteiger partial charge in [0, 0.05) is 0 Å². The fourth-order valence-electron chi connectivity index (χ4n) is 2.16. The molecule has 88 valence electrons. The highest BCUT2D eigenvalue weighted by Crippen LogP contribution is 2.36. The van der Waals surface area contributed by atoms with Crippen LogP contribution in [0, 0.1) is 11.8 Å². The van der Waals surface area contributed by atoms with Crippen molar-refractivity contribution in [3.05, 3.63) is 12.2 Å². The molecule has 1 fully saturated rings. The van der Waals surface area contributed by atoms with E-state index in [-0.39, 0.29) is 12.0 Å². The van der Waals surface area contributed by atoms with E-state index in [1.54, 1.807) is 0 Å². The van der Waals surface area contributed by atoms with E-state index in [0.29, 0.717) is 6.42 Å². The minimum Gasteiger partial charge on any atom is -0.410 e. The van der Waals surface area contributed by atoms with E-state index in [9.17, 15) is 9.59 Å². The zero-order valence-corrected chi connectivity index (χ0v) is 10.7. The molecule has 5 heteroatoms. The van der Waals surface area contributed by atoms with Crippen molar-refractivity contribution >= 4 is 20.3 Å². The van der Waals surface area contributed by atoms with Gasteiger partial charge in [0.25, 0.3) is 0 Å². The summed E-state index contributed by atoms with van der Waals surface area (Å²) >= 11 is 0. The zero-order chi connectivity index (χ0) is 11.9. The molecular formula is C11H16O4Si. The first-order chi connectivity index (χ1) is 7.38. The SMILES string of the molecule is C[Si](C)(C)O[C@@H]1C=CC[C@@H]2C(=O)OC(=O)[C@@H]21. The van der Waals surface area contributed by atoms with Crippen LogP contribution in [0.5, 0.6) is 0 Å². The number of carbonyl (C=O) groups is 2. The lowest BCUT2D eigenvalue weighted by molar-refractivity contribution is -0.154. The summed E-state index contributed by atoms with van der Waals surface area (Å²) in [6.45, 7) is 6.19. The highest BCUT2D eigenvalue weighted by Gasteiger charge is 2.49. The van der Waals surface area contributed by atoms with Crippen LogP contribution in [0.25, 0.3) is 0 Å². The smallest absolute Gasteiger partial charge is 0.320 e. The summed E-state index contributed by atoms with van der Waals surface area (Å²) in [5.41, 5.74) is 0. The van der Waals surface area contributed by atoms with Gasteiger partial charge in [-0.15, -0.1) is 0 Å². The van der Waals surface area contributed by atoms with Crippen molar-refractivity contribution in [1.82, 2.24) is 0 Å². The maximum Gasteiger partial charge on any atom is 0.320 e. The van der Waals surface area contributed by atoms with Gasteiger partial charge in [-0.1, -0.05) is 12.2 Å². The number of hydrogen-bond donors (Lipinski definition) is 0. The van der Waals surface area contributed by atoms with Crippen LogP contribution in [-0.4, -0.2) is 26.4 Å². The van der Waals surface area contributed by atoms with Gasteiger partial charge in [0.05, 0.1) is 17.9 Å². The van der Waals surface area contributed by atoms with Crippen molar-refractivity contribution < 1.29 is 18.8 Å². The monoisotopic (exact) mass is 240 g/mol. The van der Waals surface area contributed by atoms with Crippen LogP contribution in [0.2, 0.25) is 19.6 Å². The van der Waals surface area contributed by atoms with Gasteiger partial charge in [-0.05, 0) is 26.1 Å². The minimum atomic E-state index is -1.73. The fraction of sp³-hybridized carbons (Fsp3) is 0.636. The quantitative estimate of drug-likeness (QED) is 0.317. The largest absolute Gasteiger partial charge is 0.410 e. The van der Waals surface area contributed by atoms with E-state index in [4.69, 9.17) is 4.43 Å². The Balaban J connectivity index is 2.20. The second-order valence-electron chi connectivity index (χ2n) is 5.23. The molecule has 2 rings (SSSR count). The van der Waals surface area contributed by atoms with E-state index in [1.165, 1.54) is 0 Å². The average molecular weight is 240 g/mol. The third kappa shape index (κ3) is 2.10. The predicted octanol–water partition coefficient (Wildman–Crippen LogP) is 1.48. The van der Waals surface area contributed by atoms with Crippen LogP contribution in [0.1, 0.15) is 6.42 Å². The highest BCUT2D eigenvalue weighted by molar-refractivity contribution is 6.69. The molecular weight excluding hydrogens is 224 g/mol. The Labute approximate surface area is 95.7 Å². The lowest BCUT2D eigenvalue weighted by Gasteiger charge is -2.30. The molecule has 0 saturated carbocycles. The molecule has 0 bridgehead atoms. The van der Waals surface area contributed by atoms with E-state index in [2.05, 4.69) is 24.4 Å². The van der Waals surface area contributed by atoms with Crippen LogP contribution in [-0.2, 0) is 18.8 Å². The van der Waals surface area contributed by atoms with Gasteiger partial charge in [0.1, 0.15) is 0 Å². The van der Waals surface area contributed by atoms with Gasteiger partial charge in [0.15, 0.2) is 8.32 Å². The van der Waals surface area contributed by atoms with Crippen molar-refractivity contribution in [2.75, 3.05) is 0 Å². The first-order valence-corrected chi connectivity index (χ1v) is 8.89.